The second-order valence-corrected chi connectivity index (χ2v) is 11.1. The van der Waals surface area contributed by atoms with Crippen molar-refractivity contribution in [3.8, 4) is 0 Å². The number of likely N-dealkylation sites (tertiary alicyclic amines) is 1. The van der Waals surface area contributed by atoms with Crippen molar-refractivity contribution in [3.63, 3.8) is 0 Å². The predicted molar refractivity (Wildman–Crippen MR) is 118 cm³/mol. The Bertz CT molecular complexity index is 971. The number of carbonyl (C=O) groups is 1. The van der Waals surface area contributed by atoms with Gasteiger partial charge in [-0.15, -0.1) is 0 Å². The molecule has 4 atom stereocenters. The van der Waals surface area contributed by atoms with Crippen LogP contribution in [0.1, 0.15) is 62.6 Å². The maximum Gasteiger partial charge on any atom is 0.416 e. The van der Waals surface area contributed by atoms with E-state index >= 15 is 0 Å². The number of carbonyl (C=O) groups excluding carboxylic acids is 1. The standard InChI is InChI=1S/C26H33F3N2O3/c1-15-22-12-18-3-4-20(26(27,28)29)11-19(18)14-31(22)24(32)25(15)8-5-21(13-25)30-9-6-17(7-10-30)23-33-16(2)34-23/h3-4,11,15-17,21-23H,5-10,12-14H2,1-2H3. The number of benzene rings is 1. The van der Waals surface area contributed by atoms with Crippen molar-refractivity contribution in [1.29, 1.82) is 0 Å². The van der Waals surface area contributed by atoms with Gasteiger partial charge in [0.05, 0.1) is 11.0 Å². The third-order valence-corrected chi connectivity index (χ3v) is 9.49. The number of nitrogens with zero attached hydrogens (tertiary/aromatic N) is 2. The van der Waals surface area contributed by atoms with Crippen molar-refractivity contribution in [3.05, 3.63) is 34.9 Å². The van der Waals surface area contributed by atoms with Gasteiger partial charge >= 0.3 is 6.18 Å². The Morgan fingerprint density at radius 2 is 1.79 bits per heavy atom. The molecule has 1 amide bonds. The lowest BCUT2D eigenvalue weighted by Crippen LogP contribution is -2.49. The molecule has 1 aromatic carbocycles. The Hall–Kier alpha value is -1.64. The molecular weight excluding hydrogens is 445 g/mol. The molecule has 0 bridgehead atoms. The van der Waals surface area contributed by atoms with Gasteiger partial charge in [0.25, 0.3) is 0 Å². The van der Waals surface area contributed by atoms with Crippen LogP contribution in [-0.2, 0) is 33.4 Å². The lowest BCUT2D eigenvalue weighted by molar-refractivity contribution is -0.394. The van der Waals surface area contributed by atoms with Crippen LogP contribution in [0, 0.1) is 17.3 Å². The topological polar surface area (TPSA) is 42.0 Å². The number of ether oxygens (including phenoxy) is 2. The van der Waals surface area contributed by atoms with Crippen molar-refractivity contribution < 1.29 is 27.4 Å². The van der Waals surface area contributed by atoms with Gasteiger partial charge in [-0.25, -0.2) is 0 Å². The first-order valence-electron chi connectivity index (χ1n) is 12.7. The average molecular weight is 479 g/mol. The molecule has 1 aromatic rings. The van der Waals surface area contributed by atoms with Crippen molar-refractivity contribution in [2.45, 2.75) is 89.8 Å². The molecule has 1 spiro atoms. The molecule has 5 aliphatic rings. The van der Waals surface area contributed by atoms with Crippen molar-refractivity contribution in [2.24, 2.45) is 17.3 Å². The van der Waals surface area contributed by atoms with Gasteiger partial charge in [-0.1, -0.05) is 13.0 Å². The highest BCUT2D eigenvalue weighted by Gasteiger charge is 2.60. The van der Waals surface area contributed by atoms with Gasteiger partial charge in [-0.2, -0.15) is 13.2 Å². The molecule has 1 saturated carbocycles. The van der Waals surface area contributed by atoms with Crippen LogP contribution in [0.2, 0.25) is 0 Å². The molecule has 186 valence electrons. The number of rotatable bonds is 2. The maximum absolute atomic E-state index is 13.8. The second-order valence-electron chi connectivity index (χ2n) is 11.1. The van der Waals surface area contributed by atoms with E-state index in [2.05, 4.69) is 11.8 Å². The highest BCUT2D eigenvalue weighted by molar-refractivity contribution is 5.87. The maximum atomic E-state index is 13.8. The van der Waals surface area contributed by atoms with Gasteiger partial charge in [0.2, 0.25) is 5.91 Å². The highest BCUT2D eigenvalue weighted by atomic mass is 19.4. The Labute approximate surface area is 198 Å². The molecule has 4 fully saturated rings. The Morgan fingerprint density at radius 3 is 2.47 bits per heavy atom. The first-order valence-corrected chi connectivity index (χ1v) is 12.7. The summed E-state index contributed by atoms with van der Waals surface area (Å²) in [6.45, 7) is 6.42. The van der Waals surface area contributed by atoms with E-state index in [0.29, 0.717) is 30.5 Å². The van der Waals surface area contributed by atoms with E-state index in [1.54, 1.807) is 6.07 Å². The fourth-order valence-corrected chi connectivity index (χ4v) is 7.44. The second kappa shape index (κ2) is 7.93. The minimum absolute atomic E-state index is 0.0566. The van der Waals surface area contributed by atoms with Crippen LogP contribution in [0.5, 0.6) is 0 Å². The van der Waals surface area contributed by atoms with Crippen LogP contribution >= 0.6 is 0 Å². The van der Waals surface area contributed by atoms with E-state index in [1.807, 2.05) is 11.8 Å². The first-order chi connectivity index (χ1) is 16.2. The summed E-state index contributed by atoms with van der Waals surface area (Å²) in [5.74, 6) is 0.816. The van der Waals surface area contributed by atoms with Crippen molar-refractivity contribution in [1.82, 2.24) is 9.80 Å². The van der Waals surface area contributed by atoms with Gasteiger partial charge < -0.3 is 19.3 Å². The third-order valence-electron chi connectivity index (χ3n) is 9.49. The zero-order chi connectivity index (χ0) is 23.8. The number of amides is 1. The largest absolute Gasteiger partial charge is 0.416 e. The van der Waals surface area contributed by atoms with Crippen LogP contribution in [0.25, 0.3) is 0 Å². The molecule has 0 radical (unpaired) electrons. The van der Waals surface area contributed by atoms with Crippen LogP contribution in [0.3, 0.4) is 0 Å². The van der Waals surface area contributed by atoms with E-state index in [4.69, 9.17) is 9.47 Å². The van der Waals surface area contributed by atoms with E-state index in [9.17, 15) is 18.0 Å². The molecule has 5 nitrogen and oxygen atoms in total. The van der Waals surface area contributed by atoms with Crippen molar-refractivity contribution >= 4 is 5.91 Å². The van der Waals surface area contributed by atoms with Crippen LogP contribution < -0.4 is 0 Å². The summed E-state index contributed by atoms with van der Waals surface area (Å²) >= 11 is 0. The van der Waals surface area contributed by atoms with Crippen LogP contribution in [-0.4, -0.2) is 53.5 Å². The SMILES string of the molecule is CC1OC(C2CCN(C3CCC4(C3)C(=O)N3Cc5cc(C(F)(F)F)ccc5CC3C4C)CC2)O1. The first kappa shape index (κ1) is 22.8. The predicted octanol–water partition coefficient (Wildman–Crippen LogP) is 4.58. The summed E-state index contributed by atoms with van der Waals surface area (Å²) in [5, 5.41) is 0. The van der Waals surface area contributed by atoms with Crippen molar-refractivity contribution in [2.75, 3.05) is 13.1 Å². The zero-order valence-corrected chi connectivity index (χ0v) is 19.8. The van der Waals surface area contributed by atoms with E-state index in [0.717, 1.165) is 50.8 Å². The molecule has 0 N–H and O–H groups in total. The molecule has 0 aromatic heterocycles. The van der Waals surface area contributed by atoms with E-state index in [-0.39, 0.29) is 35.9 Å². The van der Waals surface area contributed by atoms with Gasteiger partial charge in [0.15, 0.2) is 12.6 Å². The molecule has 34 heavy (non-hydrogen) atoms. The number of fused-ring (bicyclic) bond motifs is 2. The van der Waals surface area contributed by atoms with Gasteiger partial charge in [0.1, 0.15) is 0 Å². The summed E-state index contributed by atoms with van der Waals surface area (Å²) < 4.78 is 51.1. The summed E-state index contributed by atoms with van der Waals surface area (Å²) in [5.41, 5.74) is 0.597. The van der Waals surface area contributed by atoms with Gasteiger partial charge in [-0.05, 0) is 87.7 Å². The third kappa shape index (κ3) is 3.51. The smallest absolute Gasteiger partial charge is 0.334 e. The van der Waals surface area contributed by atoms with E-state index < -0.39 is 11.7 Å². The summed E-state index contributed by atoms with van der Waals surface area (Å²) in [6.07, 6.45) is 1.00. The van der Waals surface area contributed by atoms with Gasteiger partial charge in [0, 0.05) is 24.5 Å². The minimum atomic E-state index is -4.36. The average Bonchev–Trinajstić information content (AvgIpc) is 3.33. The Kier molecular flexibility index (Phi) is 5.32. The highest BCUT2D eigenvalue weighted by Crippen LogP contribution is 2.55. The summed E-state index contributed by atoms with van der Waals surface area (Å²) in [7, 11) is 0. The zero-order valence-electron chi connectivity index (χ0n) is 19.8. The van der Waals surface area contributed by atoms with Crippen LogP contribution in [0.15, 0.2) is 18.2 Å². The molecule has 6 rings (SSSR count). The van der Waals surface area contributed by atoms with Crippen LogP contribution in [0.4, 0.5) is 13.2 Å². The monoisotopic (exact) mass is 478 g/mol. The molecule has 1 aliphatic carbocycles. The lowest BCUT2D eigenvalue weighted by Gasteiger charge is -2.44. The van der Waals surface area contributed by atoms with E-state index in [1.165, 1.54) is 12.1 Å². The number of alkyl halides is 3. The van der Waals surface area contributed by atoms with Gasteiger partial charge in [-0.3, -0.25) is 4.79 Å². The fourth-order valence-electron chi connectivity index (χ4n) is 7.44. The normalized spacial score (nSPS) is 38.8. The Morgan fingerprint density at radius 1 is 1.06 bits per heavy atom. The number of hydrogen-bond donors (Lipinski definition) is 0. The molecule has 3 saturated heterocycles. The number of halogens is 3. The molecule has 8 heteroatoms. The number of piperidine rings is 1. The summed E-state index contributed by atoms with van der Waals surface area (Å²) in [6, 6.07) is 4.52. The minimum Gasteiger partial charge on any atom is -0.334 e. The molecule has 4 heterocycles. The lowest BCUT2D eigenvalue weighted by atomic mass is 9.73. The molecule has 4 aliphatic heterocycles. The fraction of sp³-hybridized carbons (Fsp3) is 0.731. The number of hydrogen-bond acceptors (Lipinski definition) is 4. The molecule has 4 unspecified atom stereocenters. The Balaban J connectivity index is 1.14. The molecular formula is C26H33F3N2O3. The summed E-state index contributed by atoms with van der Waals surface area (Å²) in [4.78, 5) is 18.2. The quantitative estimate of drug-likeness (QED) is 0.624.